The quantitative estimate of drug-likeness (QED) is 0.421. The summed E-state index contributed by atoms with van der Waals surface area (Å²) in [5.41, 5.74) is 3.22. The second-order valence-corrected chi connectivity index (χ2v) is 8.36. The van der Waals surface area contributed by atoms with Crippen LogP contribution in [0.1, 0.15) is 48.1 Å². The molecule has 3 aromatic rings. The molecule has 2 aromatic heterocycles. The summed E-state index contributed by atoms with van der Waals surface area (Å²) in [7, 11) is 1.82. The molecule has 0 saturated heterocycles. The van der Waals surface area contributed by atoms with Gasteiger partial charge in [0.1, 0.15) is 12.4 Å². The zero-order valence-electron chi connectivity index (χ0n) is 18.3. The van der Waals surface area contributed by atoms with E-state index in [4.69, 9.17) is 9.72 Å². The number of aromatic nitrogens is 2. The van der Waals surface area contributed by atoms with Crippen LogP contribution < -0.4 is 10.9 Å². The molecule has 0 unspecified atom stereocenters. The number of nitrogens with zero attached hydrogens (tertiary/aromatic N) is 2. The summed E-state index contributed by atoms with van der Waals surface area (Å²) in [5.74, 6) is -0.530. The summed E-state index contributed by atoms with van der Waals surface area (Å²) >= 11 is 0. The molecule has 0 spiro atoms. The first-order valence-corrected chi connectivity index (χ1v) is 10.8. The maximum Gasteiger partial charge on any atom is 0.343 e. The van der Waals surface area contributed by atoms with Crippen molar-refractivity contribution in [2.45, 2.75) is 52.0 Å². The molecule has 4 heterocycles. The first-order chi connectivity index (χ1) is 15.3. The van der Waals surface area contributed by atoms with Gasteiger partial charge in [-0.1, -0.05) is 13.8 Å². The van der Waals surface area contributed by atoms with Gasteiger partial charge in [-0.3, -0.25) is 4.79 Å². The number of aryl methyl sites for hydroxylation is 1. The number of carbonyl (C=O) groups is 1. The van der Waals surface area contributed by atoms with E-state index in [1.54, 1.807) is 29.7 Å². The van der Waals surface area contributed by atoms with Crippen LogP contribution in [-0.2, 0) is 41.2 Å². The van der Waals surface area contributed by atoms with Crippen molar-refractivity contribution in [1.29, 1.82) is 0 Å². The van der Waals surface area contributed by atoms with Crippen LogP contribution in [0.15, 0.2) is 23.0 Å². The third kappa shape index (κ3) is 2.59. The molecule has 2 aliphatic heterocycles. The van der Waals surface area contributed by atoms with E-state index in [9.17, 15) is 19.8 Å². The van der Waals surface area contributed by atoms with Crippen molar-refractivity contribution in [2.24, 2.45) is 0 Å². The van der Waals surface area contributed by atoms with Crippen LogP contribution in [0.5, 0.6) is 5.75 Å². The Bertz CT molecular complexity index is 1360. The zero-order valence-corrected chi connectivity index (χ0v) is 18.3. The first-order valence-electron chi connectivity index (χ1n) is 10.8. The van der Waals surface area contributed by atoms with Crippen LogP contribution >= 0.6 is 0 Å². The Kier molecular flexibility index (Phi) is 4.61. The second-order valence-electron chi connectivity index (χ2n) is 8.36. The molecular formula is C24H25N3O5. The number of carbonyl (C=O) groups excluding carboxylic acids is 1. The van der Waals surface area contributed by atoms with Gasteiger partial charge in [-0.2, -0.15) is 0 Å². The molecule has 0 aliphatic carbocycles. The van der Waals surface area contributed by atoms with E-state index in [1.165, 1.54) is 0 Å². The smallest absolute Gasteiger partial charge is 0.343 e. The van der Waals surface area contributed by atoms with E-state index in [1.807, 2.05) is 14.0 Å². The molecule has 0 amide bonds. The molecule has 0 bridgehead atoms. The highest BCUT2D eigenvalue weighted by atomic mass is 16.6. The number of hydrogen-bond acceptors (Lipinski definition) is 7. The van der Waals surface area contributed by atoms with E-state index in [0.29, 0.717) is 42.0 Å². The Hall–Kier alpha value is -3.23. The van der Waals surface area contributed by atoms with E-state index in [0.717, 1.165) is 27.6 Å². The highest BCUT2D eigenvalue weighted by Gasteiger charge is 2.45. The number of esters is 1. The van der Waals surface area contributed by atoms with Gasteiger partial charge < -0.3 is 24.8 Å². The molecule has 32 heavy (non-hydrogen) atoms. The number of ether oxygens (including phenoxy) is 1. The van der Waals surface area contributed by atoms with Crippen molar-refractivity contribution in [3.05, 3.63) is 56.4 Å². The lowest BCUT2D eigenvalue weighted by Gasteiger charge is -2.31. The van der Waals surface area contributed by atoms with Gasteiger partial charge in [0.15, 0.2) is 5.60 Å². The number of hydrogen-bond donors (Lipinski definition) is 3. The van der Waals surface area contributed by atoms with Crippen LogP contribution in [0, 0.1) is 0 Å². The van der Waals surface area contributed by atoms with Gasteiger partial charge >= 0.3 is 5.97 Å². The normalized spacial score (nSPS) is 18.9. The van der Waals surface area contributed by atoms with Gasteiger partial charge in [0.2, 0.25) is 0 Å². The molecule has 0 fully saturated rings. The van der Waals surface area contributed by atoms with Crippen molar-refractivity contribution in [2.75, 3.05) is 7.05 Å². The fourth-order valence-electron chi connectivity index (χ4n) is 5.08. The average Bonchev–Trinajstić information content (AvgIpc) is 3.16. The maximum absolute atomic E-state index is 13.4. The standard InChI is InChI=1S/C24H25N3O5/c1-4-12-14-10-27-18(8-16-15(22(27)29)11-32-23(30)24(16,31)5-2)21(14)26-17-6-7-19(28)13(9-25-3)20(12)17/h6-8,25,28,31H,4-5,9-11H2,1-3H3/t24-/m0/s1. The predicted molar refractivity (Wildman–Crippen MR) is 118 cm³/mol. The zero-order chi connectivity index (χ0) is 22.8. The molecule has 8 nitrogen and oxygen atoms in total. The van der Waals surface area contributed by atoms with Crippen molar-refractivity contribution < 1.29 is 19.7 Å². The van der Waals surface area contributed by atoms with Crippen LogP contribution in [0.4, 0.5) is 0 Å². The molecule has 166 valence electrons. The van der Waals surface area contributed by atoms with Crippen LogP contribution in [0.3, 0.4) is 0 Å². The van der Waals surface area contributed by atoms with Crippen LogP contribution in [0.25, 0.3) is 22.3 Å². The summed E-state index contributed by atoms with van der Waals surface area (Å²) < 4.78 is 6.78. The fraction of sp³-hybridized carbons (Fsp3) is 0.375. The summed E-state index contributed by atoms with van der Waals surface area (Å²) in [4.78, 5) is 30.6. The number of benzene rings is 1. The summed E-state index contributed by atoms with van der Waals surface area (Å²) in [6, 6.07) is 5.14. The SMILES string of the molecule is CCc1c2c(nc3ccc(O)c(CNC)c13)-c1cc3c(c(=O)n1C2)COC(=O)[C@]3(O)CC. The molecule has 5 rings (SSSR count). The monoisotopic (exact) mass is 435 g/mol. The lowest BCUT2D eigenvalue weighted by Crippen LogP contribution is -2.44. The Balaban J connectivity index is 1.83. The van der Waals surface area contributed by atoms with Gasteiger partial charge in [0.25, 0.3) is 5.56 Å². The van der Waals surface area contributed by atoms with Crippen LogP contribution in [0.2, 0.25) is 0 Å². The third-order valence-electron chi connectivity index (χ3n) is 6.76. The third-order valence-corrected chi connectivity index (χ3v) is 6.76. The molecule has 0 radical (unpaired) electrons. The van der Waals surface area contributed by atoms with Crippen LogP contribution in [-0.4, -0.2) is 32.8 Å². The number of aromatic hydroxyl groups is 1. The number of aliphatic hydroxyl groups is 1. The molecular weight excluding hydrogens is 410 g/mol. The van der Waals surface area contributed by atoms with Gasteiger partial charge in [0.05, 0.1) is 29.0 Å². The lowest BCUT2D eigenvalue weighted by molar-refractivity contribution is -0.172. The van der Waals surface area contributed by atoms with Gasteiger partial charge in [-0.05, 0) is 43.7 Å². The van der Waals surface area contributed by atoms with E-state index >= 15 is 0 Å². The van der Waals surface area contributed by atoms with Crippen molar-refractivity contribution in [1.82, 2.24) is 14.9 Å². The topological polar surface area (TPSA) is 114 Å². The van der Waals surface area contributed by atoms with Crippen molar-refractivity contribution in [3.63, 3.8) is 0 Å². The predicted octanol–water partition coefficient (Wildman–Crippen LogP) is 2.07. The van der Waals surface area contributed by atoms with Crippen molar-refractivity contribution >= 4 is 16.9 Å². The second kappa shape index (κ2) is 7.15. The van der Waals surface area contributed by atoms with Gasteiger partial charge in [-0.25, -0.2) is 9.78 Å². The highest BCUT2D eigenvalue weighted by Crippen LogP contribution is 2.41. The minimum Gasteiger partial charge on any atom is -0.508 e. The van der Waals surface area contributed by atoms with Gasteiger partial charge in [0, 0.05) is 28.6 Å². The Labute approximate surface area is 184 Å². The number of pyridine rings is 2. The number of cyclic esters (lactones) is 1. The molecule has 1 atom stereocenters. The number of phenolic OH excluding ortho intramolecular Hbond substituents is 1. The number of nitrogens with one attached hydrogen (secondary N) is 1. The number of phenols is 1. The highest BCUT2D eigenvalue weighted by molar-refractivity contribution is 5.92. The summed E-state index contributed by atoms with van der Waals surface area (Å²) in [5, 5.41) is 25.5. The maximum atomic E-state index is 13.4. The Morgan fingerprint density at radius 3 is 2.69 bits per heavy atom. The van der Waals surface area contributed by atoms with E-state index in [2.05, 4.69) is 5.32 Å². The first kappa shape index (κ1) is 20.7. The summed E-state index contributed by atoms with van der Waals surface area (Å²) in [6.07, 6.45) is 0.803. The Morgan fingerprint density at radius 1 is 1.22 bits per heavy atom. The largest absolute Gasteiger partial charge is 0.508 e. The minimum atomic E-state index is -1.85. The average molecular weight is 435 g/mol. The van der Waals surface area contributed by atoms with Crippen molar-refractivity contribution in [3.8, 4) is 17.1 Å². The van der Waals surface area contributed by atoms with E-state index < -0.39 is 11.6 Å². The number of rotatable bonds is 4. The van der Waals surface area contributed by atoms with E-state index in [-0.39, 0.29) is 24.3 Å². The number of fused-ring (bicyclic) bond motifs is 5. The lowest BCUT2D eigenvalue weighted by atomic mass is 9.86. The molecule has 2 aliphatic rings. The summed E-state index contributed by atoms with van der Waals surface area (Å²) in [6.45, 7) is 4.41. The Morgan fingerprint density at radius 2 is 2.00 bits per heavy atom. The molecule has 1 aromatic carbocycles. The molecule has 0 saturated carbocycles. The minimum absolute atomic E-state index is 0.104. The molecule has 3 N–H and O–H groups in total. The van der Waals surface area contributed by atoms with Gasteiger partial charge in [-0.15, -0.1) is 0 Å². The molecule has 8 heteroatoms. The fourth-order valence-corrected chi connectivity index (χ4v) is 5.08.